The van der Waals surface area contributed by atoms with Crippen LogP contribution in [0.25, 0.3) is 0 Å². The number of halogens is 6. The number of rotatable bonds is 2. The molecule has 1 aliphatic heterocycles. The van der Waals surface area contributed by atoms with Gasteiger partial charge in [0, 0.05) is 12.0 Å². The monoisotopic (exact) mass is 464 g/mol. The molecule has 0 unspecified atom stereocenters. The fourth-order valence-corrected chi connectivity index (χ4v) is 4.94. The maximum atomic E-state index is 13.1. The van der Waals surface area contributed by atoms with Crippen molar-refractivity contribution in [2.24, 2.45) is 5.41 Å². The summed E-state index contributed by atoms with van der Waals surface area (Å²) in [5.41, 5.74) is -5.79. The van der Waals surface area contributed by atoms with E-state index in [2.05, 4.69) is 0 Å². The van der Waals surface area contributed by atoms with E-state index >= 15 is 0 Å². The van der Waals surface area contributed by atoms with Crippen LogP contribution < -0.4 is 0 Å². The minimum atomic E-state index is -5.08. The molecule has 0 N–H and O–H groups in total. The highest BCUT2D eigenvalue weighted by atomic mass is 19.4. The molecule has 0 amide bonds. The molecule has 1 aromatic carbocycles. The van der Waals surface area contributed by atoms with Crippen molar-refractivity contribution < 1.29 is 41.1 Å². The van der Waals surface area contributed by atoms with Gasteiger partial charge in [0.1, 0.15) is 5.76 Å². The highest BCUT2D eigenvalue weighted by Gasteiger charge is 2.57. The van der Waals surface area contributed by atoms with E-state index in [1.54, 1.807) is 20.8 Å². The Kier molecular flexibility index (Phi) is 5.54. The van der Waals surface area contributed by atoms with Crippen LogP contribution in [-0.4, -0.2) is 22.1 Å². The number of nitrogens with zero attached hydrogens (tertiary/aromatic N) is 1. The fraction of sp³-hybridized carbons (Fsp3) is 0.591. The van der Waals surface area contributed by atoms with Gasteiger partial charge in [-0.15, -0.1) is 10.3 Å². The van der Waals surface area contributed by atoms with Crippen LogP contribution in [0.4, 0.5) is 26.3 Å². The number of carbonyl (C=O) groups is 1. The second kappa shape index (κ2) is 7.21. The average Bonchev–Trinajstić information content (AvgIpc) is 2.78. The smallest absolute Gasteiger partial charge is 0.416 e. The number of benzene rings is 1. The van der Waals surface area contributed by atoms with Gasteiger partial charge in [0.15, 0.2) is 0 Å². The zero-order valence-corrected chi connectivity index (χ0v) is 18.3. The largest absolute Gasteiger partial charge is 0.427 e. The summed E-state index contributed by atoms with van der Waals surface area (Å²) < 4.78 is 84.3. The van der Waals surface area contributed by atoms with Crippen molar-refractivity contribution in [2.75, 3.05) is 0 Å². The van der Waals surface area contributed by atoms with E-state index in [-0.39, 0.29) is 24.7 Å². The lowest BCUT2D eigenvalue weighted by Crippen LogP contribution is -2.50. The number of ether oxygens (including phenoxy) is 1. The molecule has 10 heteroatoms. The molecule has 1 aliphatic carbocycles. The average molecular weight is 464 g/mol. The normalized spacial score (nSPS) is 25.6. The van der Waals surface area contributed by atoms with Crippen molar-refractivity contribution in [2.45, 2.75) is 77.3 Å². The zero-order valence-electron chi connectivity index (χ0n) is 18.3. The zero-order chi connectivity index (χ0) is 24.5. The molecular weight excluding hydrogens is 440 g/mol. The number of hydroxylamine groups is 2. The van der Waals surface area contributed by atoms with E-state index < -0.39 is 51.5 Å². The van der Waals surface area contributed by atoms with E-state index in [0.29, 0.717) is 24.1 Å². The number of carbonyl (C=O) groups excluding carboxylic acids is 1. The molecule has 1 saturated heterocycles. The van der Waals surface area contributed by atoms with E-state index in [0.717, 1.165) is 5.06 Å². The Morgan fingerprint density at radius 3 is 1.88 bits per heavy atom. The van der Waals surface area contributed by atoms with E-state index in [1.807, 2.05) is 13.8 Å². The lowest BCUT2D eigenvalue weighted by molar-refractivity contribution is -0.251. The maximum Gasteiger partial charge on any atom is 0.416 e. The quantitative estimate of drug-likeness (QED) is 0.369. The molecule has 0 bridgehead atoms. The molecule has 32 heavy (non-hydrogen) atoms. The topological polar surface area (TPSA) is 49.4 Å². The second-order valence-corrected chi connectivity index (χ2v) is 10.2. The van der Waals surface area contributed by atoms with E-state index in [4.69, 9.17) is 4.74 Å². The predicted molar refractivity (Wildman–Crippen MR) is 102 cm³/mol. The van der Waals surface area contributed by atoms with Crippen LogP contribution in [0, 0.1) is 5.41 Å². The van der Waals surface area contributed by atoms with Crippen LogP contribution in [0.3, 0.4) is 0 Å². The summed E-state index contributed by atoms with van der Waals surface area (Å²) in [6.45, 7) is 8.88. The van der Waals surface area contributed by atoms with Crippen LogP contribution >= 0.6 is 0 Å². The summed E-state index contributed by atoms with van der Waals surface area (Å²) in [6.07, 6.45) is -9.21. The van der Waals surface area contributed by atoms with Crippen LogP contribution in [0.15, 0.2) is 29.5 Å². The molecule has 1 fully saturated rings. The third-order valence-corrected chi connectivity index (χ3v) is 6.10. The van der Waals surface area contributed by atoms with Crippen molar-refractivity contribution in [3.05, 3.63) is 46.2 Å². The Hall–Kier alpha value is -2.07. The minimum Gasteiger partial charge on any atom is -0.427 e. The van der Waals surface area contributed by atoms with Gasteiger partial charge < -0.3 is 4.74 Å². The molecule has 1 aromatic rings. The van der Waals surface area contributed by atoms with E-state index in [1.165, 1.54) is 0 Å². The van der Waals surface area contributed by atoms with Gasteiger partial charge in [-0.25, -0.2) is 4.79 Å². The van der Waals surface area contributed by atoms with Crippen molar-refractivity contribution in [3.8, 4) is 0 Å². The van der Waals surface area contributed by atoms with Crippen molar-refractivity contribution >= 4 is 5.97 Å². The van der Waals surface area contributed by atoms with E-state index in [9.17, 15) is 36.3 Å². The summed E-state index contributed by atoms with van der Waals surface area (Å²) in [7, 11) is 0. The van der Waals surface area contributed by atoms with Gasteiger partial charge in [0.25, 0.3) is 0 Å². The highest BCUT2D eigenvalue weighted by Crippen LogP contribution is 2.55. The molecule has 177 valence electrons. The van der Waals surface area contributed by atoms with Gasteiger partial charge in [-0.05, 0) is 62.8 Å². The van der Waals surface area contributed by atoms with Gasteiger partial charge in [0.05, 0.1) is 22.2 Å². The molecule has 0 spiro atoms. The third kappa shape index (κ3) is 4.39. The molecule has 1 radical (unpaired) electrons. The third-order valence-electron chi connectivity index (χ3n) is 6.10. The summed E-state index contributed by atoms with van der Waals surface area (Å²) in [5.74, 6) is -1.20. The molecule has 3 rings (SSSR count). The number of alkyl halides is 6. The first-order valence-electron chi connectivity index (χ1n) is 9.98. The highest BCUT2D eigenvalue weighted by molar-refractivity contribution is 5.90. The SMILES string of the molecule is CC1(C)CC(OC(=O)c2cc(C(F)(F)F)cc(C(F)(F)F)c2)=C2CC(C)(C)N([O])[C@]2(C)C1. The molecule has 1 heterocycles. The standard InChI is InChI=1S/C22H24F6NO3/c1-18(2)10-16(15-9-19(3,4)29(31)20(15,5)11-18)32-17(30)12-6-13(21(23,24)25)8-14(7-12)22(26,27)28/h6-8H,9-11H2,1-5H3/t20-/m1/s1. The summed E-state index contributed by atoms with van der Waals surface area (Å²) in [5, 5.41) is 13.9. The molecule has 0 saturated carbocycles. The molecule has 2 aliphatic rings. The maximum absolute atomic E-state index is 13.1. The molecule has 4 nitrogen and oxygen atoms in total. The molecule has 1 atom stereocenters. The Morgan fingerprint density at radius 1 is 0.906 bits per heavy atom. The van der Waals surface area contributed by atoms with Gasteiger partial charge in [0.2, 0.25) is 0 Å². The molecular formula is C22H24F6NO3. The van der Waals surface area contributed by atoms with Gasteiger partial charge >= 0.3 is 18.3 Å². The van der Waals surface area contributed by atoms with Crippen molar-refractivity contribution in [3.63, 3.8) is 0 Å². The lowest BCUT2D eigenvalue weighted by Gasteiger charge is -2.44. The number of hydrogen-bond donors (Lipinski definition) is 0. The Bertz CT molecular complexity index is 945. The first kappa shape index (κ1) is 24.6. The molecule has 0 aromatic heterocycles. The summed E-state index contributed by atoms with van der Waals surface area (Å²) in [6, 6.07) is 0.636. The summed E-state index contributed by atoms with van der Waals surface area (Å²) >= 11 is 0. The predicted octanol–water partition coefficient (Wildman–Crippen LogP) is 6.54. The van der Waals surface area contributed by atoms with Crippen LogP contribution in [0.5, 0.6) is 0 Å². The van der Waals surface area contributed by atoms with Crippen LogP contribution in [-0.2, 0) is 22.3 Å². The first-order chi connectivity index (χ1) is 14.3. The first-order valence-corrected chi connectivity index (χ1v) is 9.98. The van der Waals surface area contributed by atoms with Crippen molar-refractivity contribution in [1.29, 1.82) is 0 Å². The Balaban J connectivity index is 2.06. The minimum absolute atomic E-state index is 0.0474. The van der Waals surface area contributed by atoms with Gasteiger partial charge in [-0.3, -0.25) is 0 Å². The number of esters is 1. The van der Waals surface area contributed by atoms with Crippen molar-refractivity contribution in [1.82, 2.24) is 5.06 Å². The summed E-state index contributed by atoms with van der Waals surface area (Å²) in [4.78, 5) is 12.7. The fourth-order valence-electron chi connectivity index (χ4n) is 4.94. The van der Waals surface area contributed by atoms with Gasteiger partial charge in [-0.1, -0.05) is 13.8 Å². The van der Waals surface area contributed by atoms with Crippen LogP contribution in [0.2, 0.25) is 0 Å². The number of hydrogen-bond acceptors (Lipinski definition) is 3. The lowest BCUT2D eigenvalue weighted by atomic mass is 9.68. The Labute approximate surface area is 181 Å². The number of fused-ring (bicyclic) bond motifs is 1. The van der Waals surface area contributed by atoms with Gasteiger partial charge in [-0.2, -0.15) is 26.3 Å². The Morgan fingerprint density at radius 2 is 1.41 bits per heavy atom. The van der Waals surface area contributed by atoms with Crippen LogP contribution in [0.1, 0.15) is 75.4 Å². The second-order valence-electron chi connectivity index (χ2n) is 10.2. The number of allylic oxidation sites excluding steroid dienone is 1.